The van der Waals surface area contributed by atoms with Crippen LogP contribution in [0.4, 0.5) is 0 Å². The molecule has 0 aliphatic heterocycles. The zero-order valence-corrected chi connectivity index (χ0v) is 12.4. The molecular formula is C18H20O2. The summed E-state index contributed by atoms with van der Waals surface area (Å²) < 4.78 is 5.61. The van der Waals surface area contributed by atoms with Crippen molar-refractivity contribution in [2.24, 2.45) is 5.41 Å². The normalized spacial score (nSPS) is 11.2. The molecule has 0 amide bonds. The molecule has 0 aliphatic rings. The maximum Gasteiger partial charge on any atom is 0.316 e. The first-order valence-electron chi connectivity index (χ1n) is 6.76. The van der Waals surface area contributed by atoms with Crippen molar-refractivity contribution in [3.63, 3.8) is 0 Å². The molecule has 0 heterocycles. The first kappa shape index (κ1) is 14.3. The third-order valence-corrected chi connectivity index (χ3v) is 3.04. The number of carbonyl (C=O) groups is 1. The summed E-state index contributed by atoms with van der Waals surface area (Å²) >= 11 is 0. The van der Waals surface area contributed by atoms with E-state index < -0.39 is 5.41 Å². The van der Waals surface area contributed by atoms with Gasteiger partial charge in [-0.05, 0) is 44.9 Å². The van der Waals surface area contributed by atoms with Gasteiger partial charge in [0.1, 0.15) is 5.75 Å². The number of rotatable bonds is 2. The largest absolute Gasteiger partial charge is 0.425 e. The highest BCUT2D eigenvalue weighted by Crippen LogP contribution is 2.32. The molecule has 0 fully saturated rings. The van der Waals surface area contributed by atoms with Crippen molar-refractivity contribution in [2.75, 3.05) is 0 Å². The van der Waals surface area contributed by atoms with E-state index in [1.165, 1.54) is 0 Å². The first-order chi connectivity index (χ1) is 9.38. The standard InChI is InChI=1S/C18H20O2/c1-13-10-11-15(14-8-6-5-7-9-14)16(12-13)20-17(19)18(2,3)4/h5-12H,1-4H3. The Labute approximate surface area is 120 Å². The van der Waals surface area contributed by atoms with Gasteiger partial charge in [0.05, 0.1) is 5.41 Å². The first-order valence-corrected chi connectivity index (χ1v) is 6.76. The van der Waals surface area contributed by atoms with Gasteiger partial charge in [-0.1, -0.05) is 42.5 Å². The van der Waals surface area contributed by atoms with Crippen LogP contribution in [0.1, 0.15) is 26.3 Å². The molecule has 0 aromatic heterocycles. The van der Waals surface area contributed by atoms with Gasteiger partial charge in [0, 0.05) is 5.56 Å². The number of esters is 1. The maximum absolute atomic E-state index is 12.1. The molecule has 0 aliphatic carbocycles. The van der Waals surface area contributed by atoms with Gasteiger partial charge >= 0.3 is 5.97 Å². The zero-order valence-electron chi connectivity index (χ0n) is 12.4. The van der Waals surface area contributed by atoms with Gasteiger partial charge in [-0.2, -0.15) is 0 Å². The Morgan fingerprint density at radius 3 is 2.25 bits per heavy atom. The van der Waals surface area contributed by atoms with Gasteiger partial charge in [0.25, 0.3) is 0 Å². The molecule has 0 spiro atoms. The molecule has 104 valence electrons. The Balaban J connectivity index is 2.42. The summed E-state index contributed by atoms with van der Waals surface area (Å²) in [5.74, 6) is 0.399. The summed E-state index contributed by atoms with van der Waals surface area (Å²) in [6.07, 6.45) is 0. The molecule has 20 heavy (non-hydrogen) atoms. The van der Waals surface area contributed by atoms with Crippen molar-refractivity contribution < 1.29 is 9.53 Å². The second-order valence-corrected chi connectivity index (χ2v) is 6.01. The van der Waals surface area contributed by atoms with Gasteiger partial charge in [0.15, 0.2) is 0 Å². The average molecular weight is 268 g/mol. The van der Waals surface area contributed by atoms with E-state index in [9.17, 15) is 4.79 Å². The van der Waals surface area contributed by atoms with Gasteiger partial charge in [-0.15, -0.1) is 0 Å². The molecule has 2 aromatic carbocycles. The fraction of sp³-hybridized carbons (Fsp3) is 0.278. The van der Waals surface area contributed by atoms with Gasteiger partial charge in [-0.3, -0.25) is 4.79 Å². The van der Waals surface area contributed by atoms with Crippen molar-refractivity contribution >= 4 is 5.97 Å². The van der Waals surface area contributed by atoms with Gasteiger partial charge in [-0.25, -0.2) is 0 Å². The van der Waals surface area contributed by atoms with E-state index in [0.717, 1.165) is 16.7 Å². The number of hydrogen-bond donors (Lipinski definition) is 0. The Morgan fingerprint density at radius 1 is 1.00 bits per heavy atom. The highest BCUT2D eigenvalue weighted by Gasteiger charge is 2.24. The SMILES string of the molecule is Cc1ccc(-c2ccccc2)c(OC(=O)C(C)(C)C)c1. The number of aryl methyl sites for hydroxylation is 1. The Kier molecular flexibility index (Phi) is 3.93. The molecule has 2 rings (SSSR count). The van der Waals surface area contributed by atoms with Crippen molar-refractivity contribution in [3.8, 4) is 16.9 Å². The maximum atomic E-state index is 12.1. The van der Waals surface area contributed by atoms with E-state index in [2.05, 4.69) is 0 Å². The highest BCUT2D eigenvalue weighted by atomic mass is 16.5. The van der Waals surface area contributed by atoms with E-state index in [-0.39, 0.29) is 5.97 Å². The molecule has 2 heteroatoms. The van der Waals surface area contributed by atoms with E-state index in [4.69, 9.17) is 4.74 Å². The van der Waals surface area contributed by atoms with Gasteiger partial charge < -0.3 is 4.74 Å². The van der Waals surface area contributed by atoms with Crippen LogP contribution in [0.15, 0.2) is 48.5 Å². The van der Waals surface area contributed by atoms with Crippen LogP contribution in [0.3, 0.4) is 0 Å². The molecule has 0 unspecified atom stereocenters. The fourth-order valence-corrected chi connectivity index (χ4v) is 1.82. The van der Waals surface area contributed by atoms with Crippen LogP contribution in [0.25, 0.3) is 11.1 Å². The van der Waals surface area contributed by atoms with E-state index >= 15 is 0 Å². The monoisotopic (exact) mass is 268 g/mol. The Bertz CT molecular complexity index is 607. The van der Waals surface area contributed by atoms with E-state index in [1.807, 2.05) is 76.2 Å². The topological polar surface area (TPSA) is 26.3 Å². The number of hydrogen-bond acceptors (Lipinski definition) is 2. The second kappa shape index (κ2) is 5.49. The molecule has 0 N–H and O–H groups in total. The molecule has 0 radical (unpaired) electrons. The minimum Gasteiger partial charge on any atom is -0.425 e. The van der Waals surface area contributed by atoms with Crippen LogP contribution in [0, 0.1) is 12.3 Å². The summed E-state index contributed by atoms with van der Waals surface area (Å²) in [5.41, 5.74) is 2.54. The van der Waals surface area contributed by atoms with Crippen LogP contribution in [-0.4, -0.2) is 5.97 Å². The second-order valence-electron chi connectivity index (χ2n) is 6.01. The highest BCUT2D eigenvalue weighted by molar-refractivity contribution is 5.81. The third kappa shape index (κ3) is 3.27. The van der Waals surface area contributed by atoms with E-state index in [1.54, 1.807) is 0 Å². The summed E-state index contributed by atoms with van der Waals surface area (Å²) in [5, 5.41) is 0. The van der Waals surface area contributed by atoms with Crippen LogP contribution in [0.5, 0.6) is 5.75 Å². The number of ether oxygens (including phenoxy) is 1. The lowest BCUT2D eigenvalue weighted by Crippen LogP contribution is -2.25. The molecule has 0 saturated carbocycles. The summed E-state index contributed by atoms with van der Waals surface area (Å²) in [6.45, 7) is 7.55. The van der Waals surface area contributed by atoms with Crippen LogP contribution >= 0.6 is 0 Å². The minimum absolute atomic E-state index is 0.222. The van der Waals surface area contributed by atoms with E-state index in [0.29, 0.717) is 5.75 Å². The van der Waals surface area contributed by atoms with Gasteiger partial charge in [0.2, 0.25) is 0 Å². The lowest BCUT2D eigenvalue weighted by atomic mass is 9.97. The molecule has 2 nitrogen and oxygen atoms in total. The smallest absolute Gasteiger partial charge is 0.316 e. The van der Waals surface area contributed by atoms with Crippen LogP contribution < -0.4 is 4.74 Å². The van der Waals surface area contributed by atoms with Crippen LogP contribution in [0.2, 0.25) is 0 Å². The molecule has 2 aromatic rings. The summed E-state index contributed by atoms with van der Waals surface area (Å²) in [7, 11) is 0. The fourth-order valence-electron chi connectivity index (χ4n) is 1.82. The van der Waals surface area contributed by atoms with Crippen molar-refractivity contribution in [3.05, 3.63) is 54.1 Å². The number of carbonyl (C=O) groups excluding carboxylic acids is 1. The lowest BCUT2D eigenvalue weighted by molar-refractivity contribution is -0.142. The average Bonchev–Trinajstić information content (AvgIpc) is 2.39. The Hall–Kier alpha value is -2.09. The van der Waals surface area contributed by atoms with Crippen molar-refractivity contribution in [1.29, 1.82) is 0 Å². The predicted octanol–water partition coefficient (Wildman–Crippen LogP) is 4.61. The lowest BCUT2D eigenvalue weighted by Gasteiger charge is -2.18. The molecule has 0 atom stereocenters. The predicted molar refractivity (Wildman–Crippen MR) is 81.7 cm³/mol. The van der Waals surface area contributed by atoms with Crippen molar-refractivity contribution in [2.45, 2.75) is 27.7 Å². The quantitative estimate of drug-likeness (QED) is 0.587. The minimum atomic E-state index is -0.516. The van der Waals surface area contributed by atoms with Crippen molar-refractivity contribution in [1.82, 2.24) is 0 Å². The number of benzene rings is 2. The Morgan fingerprint density at radius 2 is 1.65 bits per heavy atom. The summed E-state index contributed by atoms with van der Waals surface area (Å²) in [6, 6.07) is 15.9. The van der Waals surface area contributed by atoms with Crippen LogP contribution in [-0.2, 0) is 4.79 Å². The molecular weight excluding hydrogens is 248 g/mol. The zero-order chi connectivity index (χ0) is 14.8. The molecule has 0 saturated heterocycles. The molecule has 0 bridgehead atoms. The summed E-state index contributed by atoms with van der Waals surface area (Å²) in [4.78, 5) is 12.1. The third-order valence-electron chi connectivity index (χ3n) is 3.04.